The zero-order valence-electron chi connectivity index (χ0n) is 6.74. The molecule has 0 amide bonds. The normalized spacial score (nSPS) is 9.77. The minimum absolute atomic E-state index is 0.568. The number of carbonyl (C=O) groups is 1. The first-order chi connectivity index (χ1) is 6.35. The number of nitrogens with one attached hydrogen (secondary N) is 1. The first-order valence-electron chi connectivity index (χ1n) is 3.81. The van der Waals surface area contributed by atoms with Crippen LogP contribution in [0.15, 0.2) is 24.4 Å². The van der Waals surface area contributed by atoms with E-state index < -0.39 is 0 Å². The third-order valence-electron chi connectivity index (χ3n) is 1.96. The molecule has 0 aliphatic heterocycles. The van der Waals surface area contributed by atoms with Gasteiger partial charge in [-0.25, -0.2) is 0 Å². The molecule has 0 saturated carbocycles. The lowest BCUT2D eigenvalue weighted by molar-refractivity contribution is 0.112. The summed E-state index contributed by atoms with van der Waals surface area (Å²) in [5.74, 6) is 0. The van der Waals surface area contributed by atoms with Crippen LogP contribution >= 0.6 is 0 Å². The topological polar surface area (TPSA) is 56.6 Å². The summed E-state index contributed by atoms with van der Waals surface area (Å²) in [6.45, 7) is 0. The van der Waals surface area contributed by atoms with E-state index in [4.69, 9.17) is 5.26 Å². The molecule has 0 saturated heterocycles. The summed E-state index contributed by atoms with van der Waals surface area (Å²) in [4.78, 5) is 13.4. The molecule has 0 radical (unpaired) electrons. The highest BCUT2D eigenvalue weighted by Gasteiger charge is 2.02. The Morgan fingerprint density at radius 1 is 1.46 bits per heavy atom. The molecule has 13 heavy (non-hydrogen) atoms. The van der Waals surface area contributed by atoms with Gasteiger partial charge in [0.1, 0.15) is 12.4 Å². The molecule has 3 heteroatoms. The van der Waals surface area contributed by atoms with Crippen molar-refractivity contribution in [2.24, 2.45) is 0 Å². The number of carbonyl (C=O) groups excluding carboxylic acids is 1. The molecule has 2 rings (SSSR count). The molecule has 0 unspecified atom stereocenters. The molecule has 62 valence electrons. The van der Waals surface area contributed by atoms with Crippen LogP contribution in [-0.4, -0.2) is 11.3 Å². The highest BCUT2D eigenvalue weighted by Crippen LogP contribution is 2.18. The number of nitriles is 1. The fourth-order valence-electron chi connectivity index (χ4n) is 1.30. The van der Waals surface area contributed by atoms with Gasteiger partial charge >= 0.3 is 0 Å². The van der Waals surface area contributed by atoms with Gasteiger partial charge in [-0.05, 0) is 18.2 Å². The van der Waals surface area contributed by atoms with Crippen LogP contribution in [0, 0.1) is 11.3 Å². The predicted octanol–water partition coefficient (Wildman–Crippen LogP) is 1.85. The van der Waals surface area contributed by atoms with Crippen molar-refractivity contribution in [3.63, 3.8) is 0 Å². The van der Waals surface area contributed by atoms with Gasteiger partial charge in [-0.15, -0.1) is 0 Å². The van der Waals surface area contributed by atoms with Gasteiger partial charge in [-0.1, -0.05) is 0 Å². The Balaban J connectivity index is 2.80. The molecule has 0 aliphatic carbocycles. The van der Waals surface area contributed by atoms with Crippen molar-refractivity contribution in [1.29, 1.82) is 5.26 Å². The van der Waals surface area contributed by atoms with Gasteiger partial charge in [-0.3, -0.25) is 4.79 Å². The summed E-state index contributed by atoms with van der Waals surface area (Å²) < 4.78 is 0. The third kappa shape index (κ3) is 1.09. The van der Waals surface area contributed by atoms with Crippen LogP contribution in [0.25, 0.3) is 10.9 Å². The van der Waals surface area contributed by atoms with Crippen LogP contribution in [0.5, 0.6) is 0 Å². The fourth-order valence-corrected chi connectivity index (χ4v) is 1.30. The first-order valence-corrected chi connectivity index (χ1v) is 3.81. The van der Waals surface area contributed by atoms with Gasteiger partial charge in [-0.2, -0.15) is 5.26 Å². The Morgan fingerprint density at radius 3 is 3.00 bits per heavy atom. The predicted molar refractivity (Wildman–Crippen MR) is 48.4 cm³/mol. The fraction of sp³-hybridized carbons (Fsp3) is 0. The number of fused-ring (bicyclic) bond motifs is 1. The number of rotatable bonds is 1. The third-order valence-corrected chi connectivity index (χ3v) is 1.96. The summed E-state index contributed by atoms with van der Waals surface area (Å²) >= 11 is 0. The second-order valence-corrected chi connectivity index (χ2v) is 2.74. The van der Waals surface area contributed by atoms with E-state index in [1.807, 2.05) is 0 Å². The van der Waals surface area contributed by atoms with Crippen LogP contribution < -0.4 is 0 Å². The Bertz CT molecular complexity index is 505. The Hall–Kier alpha value is -2.08. The maximum Gasteiger partial charge on any atom is 0.150 e. The van der Waals surface area contributed by atoms with Gasteiger partial charge in [0, 0.05) is 22.7 Å². The highest BCUT2D eigenvalue weighted by atomic mass is 16.1. The van der Waals surface area contributed by atoms with Crippen LogP contribution in [-0.2, 0) is 0 Å². The molecule has 2 aromatic rings. The van der Waals surface area contributed by atoms with Gasteiger partial charge in [0.25, 0.3) is 0 Å². The van der Waals surface area contributed by atoms with Crippen molar-refractivity contribution in [1.82, 2.24) is 4.98 Å². The largest absolute Gasteiger partial charge is 0.360 e. The molecule has 0 bridgehead atoms. The molecule has 0 aliphatic rings. The van der Waals surface area contributed by atoms with E-state index in [1.54, 1.807) is 24.4 Å². The van der Waals surface area contributed by atoms with E-state index in [1.165, 1.54) is 0 Å². The number of hydrogen-bond acceptors (Lipinski definition) is 2. The lowest BCUT2D eigenvalue weighted by Crippen LogP contribution is -1.78. The quantitative estimate of drug-likeness (QED) is 0.664. The Kier molecular flexibility index (Phi) is 1.60. The van der Waals surface area contributed by atoms with E-state index in [-0.39, 0.29) is 0 Å². The molecule has 1 aromatic carbocycles. The molecular weight excluding hydrogens is 164 g/mol. The molecule has 1 heterocycles. The number of aromatic nitrogens is 1. The summed E-state index contributed by atoms with van der Waals surface area (Å²) in [7, 11) is 0. The van der Waals surface area contributed by atoms with E-state index in [2.05, 4.69) is 11.1 Å². The van der Waals surface area contributed by atoms with E-state index in [0.717, 1.165) is 17.2 Å². The van der Waals surface area contributed by atoms with Crippen molar-refractivity contribution in [2.75, 3.05) is 0 Å². The summed E-state index contributed by atoms with van der Waals surface area (Å²) in [6, 6.07) is 7.27. The summed E-state index contributed by atoms with van der Waals surface area (Å²) in [5.41, 5.74) is 2.03. The lowest BCUT2D eigenvalue weighted by Gasteiger charge is -1.91. The van der Waals surface area contributed by atoms with Gasteiger partial charge in [0.05, 0.1) is 5.56 Å². The van der Waals surface area contributed by atoms with Crippen molar-refractivity contribution in [3.05, 3.63) is 35.5 Å². The van der Waals surface area contributed by atoms with E-state index in [9.17, 15) is 4.79 Å². The van der Waals surface area contributed by atoms with Gasteiger partial charge in [0.15, 0.2) is 0 Å². The minimum Gasteiger partial charge on any atom is -0.360 e. The number of aldehydes is 1. The number of H-pyrrole nitrogens is 1. The number of nitrogens with zero attached hydrogens (tertiary/aromatic N) is 1. The van der Waals surface area contributed by atoms with Crippen molar-refractivity contribution in [3.8, 4) is 6.07 Å². The smallest absolute Gasteiger partial charge is 0.150 e. The minimum atomic E-state index is 0.568. The molecule has 0 fully saturated rings. The number of aromatic amines is 1. The highest BCUT2D eigenvalue weighted by molar-refractivity contribution is 5.90. The lowest BCUT2D eigenvalue weighted by atomic mass is 10.1. The summed E-state index contributed by atoms with van der Waals surface area (Å²) in [6.07, 6.45) is 2.41. The maximum absolute atomic E-state index is 10.5. The zero-order valence-corrected chi connectivity index (χ0v) is 6.74. The average Bonchev–Trinajstić information content (AvgIpc) is 2.59. The van der Waals surface area contributed by atoms with Crippen molar-refractivity contribution in [2.45, 2.75) is 0 Å². The SMILES string of the molecule is N#Cc1c[nH]c2ccc(C=O)cc12. The maximum atomic E-state index is 10.5. The standard InChI is InChI=1S/C10H6N2O/c11-4-8-5-12-10-2-1-7(6-13)3-9(8)10/h1-3,5-6,12H. The Morgan fingerprint density at radius 2 is 2.31 bits per heavy atom. The van der Waals surface area contributed by atoms with Crippen molar-refractivity contribution >= 4 is 17.2 Å². The average molecular weight is 170 g/mol. The van der Waals surface area contributed by atoms with Crippen LogP contribution in [0.4, 0.5) is 0 Å². The van der Waals surface area contributed by atoms with Crippen LogP contribution in [0.2, 0.25) is 0 Å². The van der Waals surface area contributed by atoms with Gasteiger partial charge in [0.2, 0.25) is 0 Å². The second kappa shape index (κ2) is 2.76. The van der Waals surface area contributed by atoms with Crippen LogP contribution in [0.1, 0.15) is 15.9 Å². The summed E-state index contributed by atoms with van der Waals surface area (Å²) in [5, 5.41) is 9.53. The molecular formula is C10H6N2O. The Labute approximate surface area is 74.6 Å². The molecule has 0 atom stereocenters. The molecule has 1 N–H and O–H groups in total. The van der Waals surface area contributed by atoms with Crippen molar-refractivity contribution < 1.29 is 4.79 Å². The number of benzene rings is 1. The van der Waals surface area contributed by atoms with E-state index >= 15 is 0 Å². The molecule has 3 nitrogen and oxygen atoms in total. The van der Waals surface area contributed by atoms with Gasteiger partial charge < -0.3 is 4.98 Å². The number of hydrogen-bond donors (Lipinski definition) is 1. The monoisotopic (exact) mass is 170 g/mol. The van der Waals surface area contributed by atoms with Crippen LogP contribution in [0.3, 0.4) is 0 Å². The van der Waals surface area contributed by atoms with E-state index in [0.29, 0.717) is 11.1 Å². The first kappa shape index (κ1) is 7.56. The molecule has 0 spiro atoms. The second-order valence-electron chi connectivity index (χ2n) is 2.74. The molecule has 1 aromatic heterocycles. The zero-order chi connectivity index (χ0) is 9.26.